The lowest BCUT2D eigenvalue weighted by Gasteiger charge is -2.11. The van der Waals surface area contributed by atoms with Gasteiger partial charge in [0.2, 0.25) is 0 Å². The second-order valence-electron chi connectivity index (χ2n) is 6.32. The first-order chi connectivity index (χ1) is 13.5. The molecule has 7 heteroatoms. The number of rotatable bonds is 5. The van der Waals surface area contributed by atoms with Gasteiger partial charge in [-0.1, -0.05) is 24.4 Å². The van der Waals surface area contributed by atoms with Crippen LogP contribution in [-0.2, 0) is 6.54 Å². The van der Waals surface area contributed by atoms with Gasteiger partial charge in [0.25, 0.3) is 0 Å². The molecule has 2 aromatic heterocycles. The Hall–Kier alpha value is -3.04. The van der Waals surface area contributed by atoms with Gasteiger partial charge >= 0.3 is 5.69 Å². The third-order valence-electron chi connectivity index (χ3n) is 3.85. The molecule has 3 aromatic rings. The Labute approximate surface area is 168 Å². The summed E-state index contributed by atoms with van der Waals surface area (Å²) in [4.78, 5) is 17.0. The average Bonchev–Trinajstić information content (AvgIpc) is 2.99. The van der Waals surface area contributed by atoms with Crippen LogP contribution in [0.1, 0.15) is 27.2 Å². The fraction of sp³-hybridized carbons (Fsp3) is 0.286. The van der Waals surface area contributed by atoms with Crippen LogP contribution >= 0.6 is 11.6 Å². The van der Waals surface area contributed by atoms with Crippen molar-refractivity contribution < 1.29 is 4.74 Å². The van der Waals surface area contributed by atoms with E-state index in [1.807, 2.05) is 45.0 Å². The topological polar surface area (TPSA) is 61.9 Å². The zero-order valence-electron chi connectivity index (χ0n) is 16.0. The summed E-state index contributed by atoms with van der Waals surface area (Å²) in [6.07, 6.45) is 3.93. The van der Waals surface area contributed by atoms with Gasteiger partial charge < -0.3 is 4.74 Å². The normalized spacial score (nSPS) is 10.6. The molecule has 0 saturated heterocycles. The maximum absolute atomic E-state index is 13.0. The number of benzene rings is 1. The van der Waals surface area contributed by atoms with Crippen molar-refractivity contribution in [3.8, 4) is 34.7 Å². The number of pyridine rings is 1. The van der Waals surface area contributed by atoms with Gasteiger partial charge in [0.15, 0.2) is 5.82 Å². The second kappa shape index (κ2) is 8.77. The van der Waals surface area contributed by atoms with Crippen molar-refractivity contribution in [1.29, 1.82) is 0 Å². The first kappa shape index (κ1) is 19.7. The van der Waals surface area contributed by atoms with Gasteiger partial charge in [-0.3, -0.25) is 4.98 Å². The molecule has 0 aliphatic heterocycles. The molecule has 0 saturated carbocycles. The lowest BCUT2D eigenvalue weighted by atomic mass is 10.2. The van der Waals surface area contributed by atoms with Crippen LogP contribution in [0.3, 0.4) is 0 Å². The van der Waals surface area contributed by atoms with E-state index in [1.165, 1.54) is 15.4 Å². The average molecular weight is 397 g/mol. The van der Waals surface area contributed by atoms with Gasteiger partial charge in [-0.15, -0.1) is 11.0 Å². The van der Waals surface area contributed by atoms with Crippen molar-refractivity contribution in [2.24, 2.45) is 0 Å². The number of hydrogen-bond donors (Lipinski definition) is 0. The van der Waals surface area contributed by atoms with Crippen molar-refractivity contribution in [2.45, 2.75) is 39.8 Å². The molecule has 0 amide bonds. The van der Waals surface area contributed by atoms with Crippen molar-refractivity contribution in [2.75, 3.05) is 0 Å². The molecule has 0 unspecified atom stereocenters. The first-order valence-electron chi connectivity index (χ1n) is 9.03. The van der Waals surface area contributed by atoms with Crippen LogP contribution in [0, 0.1) is 11.8 Å². The Morgan fingerprint density at radius 2 is 1.93 bits per heavy atom. The summed E-state index contributed by atoms with van der Waals surface area (Å²) in [7, 11) is 0. The van der Waals surface area contributed by atoms with Crippen molar-refractivity contribution in [1.82, 2.24) is 19.3 Å². The monoisotopic (exact) mass is 396 g/mol. The molecule has 0 aliphatic carbocycles. The van der Waals surface area contributed by atoms with E-state index in [4.69, 9.17) is 16.3 Å². The van der Waals surface area contributed by atoms with E-state index in [1.54, 1.807) is 12.3 Å². The van der Waals surface area contributed by atoms with Crippen LogP contribution < -0.4 is 10.4 Å². The summed E-state index contributed by atoms with van der Waals surface area (Å²) in [5.41, 5.74) is 1.00. The number of aromatic nitrogens is 4. The zero-order valence-corrected chi connectivity index (χ0v) is 16.8. The highest BCUT2D eigenvalue weighted by Crippen LogP contribution is 2.27. The summed E-state index contributed by atoms with van der Waals surface area (Å²) in [5.74, 6) is 7.08. The Bertz CT molecular complexity index is 1070. The minimum absolute atomic E-state index is 0.0691. The third-order valence-corrected chi connectivity index (χ3v) is 4.15. The summed E-state index contributed by atoms with van der Waals surface area (Å²) < 4.78 is 8.55. The van der Waals surface area contributed by atoms with E-state index in [-0.39, 0.29) is 18.3 Å². The lowest BCUT2D eigenvalue weighted by molar-refractivity contribution is 0.242. The van der Waals surface area contributed by atoms with E-state index < -0.39 is 0 Å². The van der Waals surface area contributed by atoms with E-state index in [9.17, 15) is 4.79 Å². The highest BCUT2D eigenvalue weighted by Gasteiger charge is 2.18. The van der Waals surface area contributed by atoms with Gasteiger partial charge in [-0.2, -0.15) is 0 Å². The number of halogens is 1. The molecule has 0 atom stereocenters. The molecule has 1 aromatic carbocycles. The second-order valence-corrected chi connectivity index (χ2v) is 6.73. The Kier molecular flexibility index (Phi) is 6.17. The Morgan fingerprint density at radius 3 is 2.57 bits per heavy atom. The van der Waals surface area contributed by atoms with E-state index in [0.29, 0.717) is 22.1 Å². The highest BCUT2D eigenvalue weighted by atomic mass is 35.5. The zero-order chi connectivity index (χ0) is 20.1. The molecule has 0 aliphatic rings. The molecular weight excluding hydrogens is 376 g/mol. The molecule has 0 bridgehead atoms. The summed E-state index contributed by atoms with van der Waals surface area (Å²) in [6, 6.07) is 9.03. The molecule has 144 valence electrons. The Morgan fingerprint density at radius 1 is 1.18 bits per heavy atom. The molecule has 28 heavy (non-hydrogen) atoms. The van der Waals surface area contributed by atoms with Crippen LogP contribution in [-0.4, -0.2) is 25.4 Å². The number of hydrogen-bond acceptors (Lipinski definition) is 4. The number of ether oxygens (including phenoxy) is 1. The SMILES string of the molecule is CCC#CCn1nc(-c2ccncc2Cl)n(-c2ccc(OC(C)C)cc2)c1=O. The molecule has 3 rings (SSSR count). The van der Waals surface area contributed by atoms with E-state index >= 15 is 0 Å². The van der Waals surface area contributed by atoms with Crippen molar-refractivity contribution >= 4 is 11.6 Å². The van der Waals surface area contributed by atoms with Crippen LogP contribution in [0.15, 0.2) is 47.5 Å². The number of nitrogens with zero attached hydrogens (tertiary/aromatic N) is 4. The van der Waals surface area contributed by atoms with Crippen molar-refractivity contribution in [3.63, 3.8) is 0 Å². The van der Waals surface area contributed by atoms with Gasteiger partial charge in [-0.05, 0) is 44.2 Å². The first-order valence-corrected chi connectivity index (χ1v) is 9.41. The third kappa shape index (κ3) is 4.26. The van der Waals surface area contributed by atoms with Crippen molar-refractivity contribution in [3.05, 3.63) is 58.2 Å². The van der Waals surface area contributed by atoms with Gasteiger partial charge in [0.05, 0.1) is 16.8 Å². The fourth-order valence-corrected chi connectivity index (χ4v) is 2.88. The predicted octanol–water partition coefficient (Wildman–Crippen LogP) is 3.95. The van der Waals surface area contributed by atoms with Crippen LogP contribution in [0.4, 0.5) is 0 Å². The minimum Gasteiger partial charge on any atom is -0.491 e. The molecule has 0 radical (unpaired) electrons. The summed E-state index contributed by atoms with van der Waals surface area (Å²) in [5, 5.41) is 4.90. The molecule has 0 N–H and O–H groups in total. The maximum atomic E-state index is 13.0. The molecule has 2 heterocycles. The fourth-order valence-electron chi connectivity index (χ4n) is 2.68. The predicted molar refractivity (Wildman–Crippen MR) is 110 cm³/mol. The van der Waals surface area contributed by atoms with Crippen LogP contribution in [0.5, 0.6) is 5.75 Å². The highest BCUT2D eigenvalue weighted by molar-refractivity contribution is 6.33. The summed E-state index contributed by atoms with van der Waals surface area (Å²) >= 11 is 6.31. The largest absolute Gasteiger partial charge is 0.491 e. The molecule has 0 spiro atoms. The smallest absolute Gasteiger partial charge is 0.351 e. The van der Waals surface area contributed by atoms with Gasteiger partial charge in [0.1, 0.15) is 12.3 Å². The summed E-state index contributed by atoms with van der Waals surface area (Å²) in [6.45, 7) is 6.09. The maximum Gasteiger partial charge on any atom is 0.351 e. The van der Waals surface area contributed by atoms with E-state index in [2.05, 4.69) is 21.9 Å². The Balaban J connectivity index is 2.12. The lowest BCUT2D eigenvalue weighted by Crippen LogP contribution is -2.24. The molecular formula is C21H21ClN4O2. The molecule has 0 fully saturated rings. The van der Waals surface area contributed by atoms with Crippen LogP contribution in [0.2, 0.25) is 5.02 Å². The van der Waals surface area contributed by atoms with Gasteiger partial charge in [-0.25, -0.2) is 14.0 Å². The van der Waals surface area contributed by atoms with Gasteiger partial charge in [0, 0.05) is 24.4 Å². The standard InChI is InChI=1S/C21H21ClN4O2/c1-4-5-6-13-25-21(27)26(16-7-9-17(10-8-16)28-15(2)3)20(24-25)18-11-12-23-14-19(18)22/h7-12,14-15H,4,13H2,1-3H3. The van der Waals surface area contributed by atoms with E-state index in [0.717, 1.165) is 12.2 Å². The quantitative estimate of drug-likeness (QED) is 0.612. The minimum atomic E-state index is -0.286. The molecule has 6 nitrogen and oxygen atoms in total. The van der Waals surface area contributed by atoms with Crippen LogP contribution in [0.25, 0.3) is 17.1 Å².